The molecule has 1 saturated heterocycles. The van der Waals surface area contributed by atoms with Crippen LogP contribution in [0.4, 0.5) is 5.69 Å². The van der Waals surface area contributed by atoms with Crippen molar-refractivity contribution >= 4 is 23.2 Å². The number of nitrogens with zero attached hydrogens (tertiary/aromatic N) is 1. The van der Waals surface area contributed by atoms with Crippen LogP contribution in [0.15, 0.2) is 12.1 Å². The van der Waals surface area contributed by atoms with Gasteiger partial charge in [-0.1, -0.05) is 31.5 Å². The number of piperidine rings is 1. The van der Waals surface area contributed by atoms with Crippen molar-refractivity contribution in [2.45, 2.75) is 34.1 Å². The van der Waals surface area contributed by atoms with Crippen molar-refractivity contribution in [2.24, 2.45) is 11.8 Å². The van der Waals surface area contributed by atoms with Gasteiger partial charge in [0, 0.05) is 13.1 Å². The van der Waals surface area contributed by atoms with Gasteiger partial charge in [-0.05, 0) is 49.3 Å². The number of hydrogen-bond acceptors (Lipinski definition) is 2. The normalized spacial score (nSPS) is 23.1. The van der Waals surface area contributed by atoms with Crippen molar-refractivity contribution in [1.29, 1.82) is 0 Å². The molecule has 1 aliphatic heterocycles. The molecule has 1 aromatic carbocycles. The number of nitrogens with one attached hydrogen (secondary N) is 1. The molecule has 1 heterocycles. The summed E-state index contributed by atoms with van der Waals surface area (Å²) in [5.41, 5.74) is 2.85. The Bertz CT molecular complexity index is 497. The second kappa shape index (κ2) is 6.80. The largest absolute Gasteiger partial charge is 0.323 e. The fourth-order valence-electron chi connectivity index (χ4n) is 3.38. The molecule has 0 spiro atoms. The number of rotatable bonds is 3. The summed E-state index contributed by atoms with van der Waals surface area (Å²) in [6.45, 7) is 10.9. The van der Waals surface area contributed by atoms with Crippen molar-refractivity contribution in [2.75, 3.05) is 25.0 Å². The highest BCUT2D eigenvalue weighted by atomic mass is 35.5. The SMILES string of the molecule is Cc1cc(C)c(NC(=O)CN2CC(C)CC(C)C2)c(Cl)c1. The summed E-state index contributed by atoms with van der Waals surface area (Å²) in [6.07, 6.45) is 1.25. The van der Waals surface area contributed by atoms with Crippen LogP contribution in [-0.4, -0.2) is 30.4 Å². The summed E-state index contributed by atoms with van der Waals surface area (Å²) in [4.78, 5) is 14.5. The zero-order valence-electron chi connectivity index (χ0n) is 13.4. The van der Waals surface area contributed by atoms with Crippen molar-refractivity contribution in [1.82, 2.24) is 4.90 Å². The van der Waals surface area contributed by atoms with Crippen LogP contribution in [0.5, 0.6) is 0 Å². The molecule has 4 heteroatoms. The maximum Gasteiger partial charge on any atom is 0.238 e. The Morgan fingerprint density at radius 2 is 1.90 bits per heavy atom. The van der Waals surface area contributed by atoms with E-state index in [4.69, 9.17) is 11.6 Å². The van der Waals surface area contributed by atoms with Crippen LogP contribution in [0.3, 0.4) is 0 Å². The van der Waals surface area contributed by atoms with Crippen molar-refractivity contribution in [3.8, 4) is 0 Å². The zero-order valence-corrected chi connectivity index (χ0v) is 14.1. The van der Waals surface area contributed by atoms with Gasteiger partial charge in [0.1, 0.15) is 0 Å². The minimum atomic E-state index is 0.0187. The molecule has 0 saturated carbocycles. The van der Waals surface area contributed by atoms with Crippen LogP contribution < -0.4 is 5.32 Å². The highest BCUT2D eigenvalue weighted by Gasteiger charge is 2.23. The number of halogens is 1. The van der Waals surface area contributed by atoms with Crippen LogP contribution in [0, 0.1) is 25.7 Å². The average Bonchev–Trinajstić information content (AvgIpc) is 2.32. The van der Waals surface area contributed by atoms with E-state index in [1.165, 1.54) is 6.42 Å². The van der Waals surface area contributed by atoms with Gasteiger partial charge in [-0.2, -0.15) is 0 Å². The number of benzene rings is 1. The lowest BCUT2D eigenvalue weighted by Crippen LogP contribution is -2.42. The lowest BCUT2D eigenvalue weighted by molar-refractivity contribution is -0.117. The second-order valence-electron chi connectivity index (χ2n) is 6.63. The van der Waals surface area contributed by atoms with Crippen LogP contribution in [0.25, 0.3) is 0 Å². The van der Waals surface area contributed by atoms with Gasteiger partial charge < -0.3 is 5.32 Å². The first-order valence-corrected chi connectivity index (χ1v) is 8.02. The number of hydrogen-bond donors (Lipinski definition) is 1. The molecule has 1 fully saturated rings. The molecule has 1 N–H and O–H groups in total. The average molecular weight is 309 g/mol. The molecule has 116 valence electrons. The topological polar surface area (TPSA) is 32.3 Å². The number of aryl methyl sites for hydroxylation is 2. The van der Waals surface area contributed by atoms with Crippen LogP contribution in [0.2, 0.25) is 5.02 Å². The van der Waals surface area contributed by atoms with Crippen molar-refractivity contribution in [3.63, 3.8) is 0 Å². The van der Waals surface area contributed by atoms with Gasteiger partial charge in [0.05, 0.1) is 17.3 Å². The van der Waals surface area contributed by atoms with E-state index in [9.17, 15) is 4.79 Å². The Hall–Kier alpha value is -1.06. The first kappa shape index (κ1) is 16.3. The fourth-order valence-corrected chi connectivity index (χ4v) is 3.75. The Labute approximate surface area is 132 Å². The number of likely N-dealkylation sites (tertiary alicyclic amines) is 1. The quantitative estimate of drug-likeness (QED) is 0.919. The van der Waals surface area contributed by atoms with E-state index in [0.29, 0.717) is 23.4 Å². The molecule has 2 rings (SSSR count). The van der Waals surface area contributed by atoms with Gasteiger partial charge in [0.25, 0.3) is 0 Å². The van der Waals surface area contributed by atoms with Crippen LogP contribution >= 0.6 is 11.6 Å². The fraction of sp³-hybridized carbons (Fsp3) is 0.588. The van der Waals surface area contributed by atoms with Gasteiger partial charge in [0.15, 0.2) is 0 Å². The lowest BCUT2D eigenvalue weighted by Gasteiger charge is -2.34. The van der Waals surface area contributed by atoms with E-state index < -0.39 is 0 Å². The summed E-state index contributed by atoms with van der Waals surface area (Å²) in [7, 11) is 0. The third kappa shape index (κ3) is 4.45. The van der Waals surface area contributed by atoms with Gasteiger partial charge in [-0.25, -0.2) is 0 Å². The first-order chi connectivity index (χ1) is 9.85. The van der Waals surface area contributed by atoms with Gasteiger partial charge >= 0.3 is 0 Å². The first-order valence-electron chi connectivity index (χ1n) is 7.64. The minimum Gasteiger partial charge on any atom is -0.323 e. The predicted molar refractivity (Wildman–Crippen MR) is 88.9 cm³/mol. The number of carbonyl (C=O) groups excluding carboxylic acids is 1. The monoisotopic (exact) mass is 308 g/mol. The molecule has 1 amide bonds. The Kier molecular flexibility index (Phi) is 5.28. The predicted octanol–water partition coefficient (Wildman–Crippen LogP) is 3.87. The number of carbonyl (C=O) groups is 1. The Balaban J connectivity index is 1.99. The smallest absolute Gasteiger partial charge is 0.238 e. The molecule has 0 aliphatic carbocycles. The van der Waals surface area contributed by atoms with Gasteiger partial charge in [0.2, 0.25) is 5.91 Å². The highest BCUT2D eigenvalue weighted by Crippen LogP contribution is 2.27. The van der Waals surface area contributed by atoms with E-state index in [1.807, 2.05) is 26.0 Å². The summed E-state index contributed by atoms with van der Waals surface area (Å²) in [5, 5.41) is 3.58. The van der Waals surface area contributed by atoms with E-state index in [1.54, 1.807) is 0 Å². The summed E-state index contributed by atoms with van der Waals surface area (Å²) >= 11 is 6.24. The van der Waals surface area contributed by atoms with E-state index in [2.05, 4.69) is 24.1 Å². The van der Waals surface area contributed by atoms with E-state index in [0.717, 1.165) is 29.9 Å². The zero-order chi connectivity index (χ0) is 15.6. The van der Waals surface area contributed by atoms with Gasteiger partial charge in [-0.15, -0.1) is 0 Å². The van der Waals surface area contributed by atoms with Gasteiger partial charge in [-0.3, -0.25) is 9.69 Å². The van der Waals surface area contributed by atoms with Crippen molar-refractivity contribution in [3.05, 3.63) is 28.3 Å². The maximum atomic E-state index is 12.3. The summed E-state index contributed by atoms with van der Waals surface area (Å²) in [5.74, 6) is 1.34. The van der Waals surface area contributed by atoms with Crippen molar-refractivity contribution < 1.29 is 4.79 Å². The van der Waals surface area contributed by atoms with E-state index in [-0.39, 0.29) is 5.91 Å². The summed E-state index contributed by atoms with van der Waals surface area (Å²) < 4.78 is 0. The maximum absolute atomic E-state index is 12.3. The van der Waals surface area contributed by atoms with E-state index >= 15 is 0 Å². The Morgan fingerprint density at radius 1 is 1.29 bits per heavy atom. The third-order valence-electron chi connectivity index (χ3n) is 4.01. The molecule has 0 aromatic heterocycles. The molecular weight excluding hydrogens is 284 g/mol. The second-order valence-corrected chi connectivity index (χ2v) is 7.03. The highest BCUT2D eigenvalue weighted by molar-refractivity contribution is 6.34. The standard InChI is InChI=1S/C17H25ClN2O/c1-11-6-14(4)17(15(18)7-11)19-16(21)10-20-8-12(2)5-13(3)9-20/h6-7,12-13H,5,8-10H2,1-4H3,(H,19,21). The molecule has 1 aliphatic rings. The molecular formula is C17H25ClN2O. The van der Waals surface area contributed by atoms with Crippen LogP contribution in [0.1, 0.15) is 31.4 Å². The Morgan fingerprint density at radius 3 is 2.48 bits per heavy atom. The molecule has 1 aromatic rings. The minimum absolute atomic E-state index is 0.0187. The molecule has 21 heavy (non-hydrogen) atoms. The molecule has 3 nitrogen and oxygen atoms in total. The molecule has 0 bridgehead atoms. The third-order valence-corrected chi connectivity index (χ3v) is 4.31. The molecule has 2 atom stereocenters. The number of anilines is 1. The number of amides is 1. The lowest BCUT2D eigenvalue weighted by atomic mass is 9.92. The summed E-state index contributed by atoms with van der Waals surface area (Å²) in [6, 6.07) is 3.92. The molecule has 0 radical (unpaired) electrons. The molecule has 2 unspecified atom stereocenters. The van der Waals surface area contributed by atoms with Crippen LogP contribution in [-0.2, 0) is 4.79 Å².